The molecular formula is C8H19N2+. The maximum Gasteiger partial charge on any atom is 0.0923 e. The molecule has 0 saturated carbocycles. The van der Waals surface area contributed by atoms with Gasteiger partial charge in [-0.2, -0.15) is 0 Å². The zero-order chi connectivity index (χ0) is 8.41. The van der Waals surface area contributed by atoms with Gasteiger partial charge in [-0.3, -0.25) is 0 Å². The first-order valence-electron chi connectivity index (χ1n) is 3.59. The van der Waals surface area contributed by atoms with Crippen molar-refractivity contribution in [3.05, 3.63) is 0 Å². The molecule has 0 rings (SSSR count). The van der Waals surface area contributed by atoms with Crippen molar-refractivity contribution in [3.8, 4) is 0 Å². The maximum atomic E-state index is 4.34. The van der Waals surface area contributed by atoms with E-state index in [2.05, 4.69) is 25.9 Å². The average Bonchev–Trinajstić information content (AvgIpc) is 1.57. The summed E-state index contributed by atoms with van der Waals surface area (Å²) in [6.45, 7) is 6.44. The minimum Gasteiger partial charge on any atom is -0.205 e. The normalized spacial score (nSPS) is 14.6. The zero-order valence-electron chi connectivity index (χ0n) is 7.97. The molecule has 0 fully saturated rings. The van der Waals surface area contributed by atoms with E-state index in [0.717, 1.165) is 0 Å². The summed E-state index contributed by atoms with van der Waals surface area (Å²) in [5.74, 6) is 0. The molecule has 2 heteroatoms. The molecule has 0 N–H and O–H groups in total. The van der Waals surface area contributed by atoms with Crippen LogP contribution in [0.2, 0.25) is 0 Å². The smallest absolute Gasteiger partial charge is 0.0923 e. The molecule has 10 heavy (non-hydrogen) atoms. The quantitative estimate of drug-likeness (QED) is 0.301. The molecule has 0 aliphatic heterocycles. The highest BCUT2D eigenvalue weighted by Crippen LogP contribution is 2.09. The zero-order valence-corrected chi connectivity index (χ0v) is 7.97. The first kappa shape index (κ1) is 9.63. The number of rotatable bonds is 1. The second kappa shape index (κ2) is 2.70. The predicted molar refractivity (Wildman–Crippen MR) is 46.0 cm³/mol. The van der Waals surface area contributed by atoms with Crippen molar-refractivity contribution >= 4 is 6.21 Å². The lowest BCUT2D eigenvalue weighted by Crippen LogP contribution is -2.28. The van der Waals surface area contributed by atoms with E-state index in [1.165, 1.54) is 0 Å². The number of hydrogen-bond acceptors (Lipinski definition) is 1. The average molecular weight is 143 g/mol. The summed E-state index contributed by atoms with van der Waals surface area (Å²) in [4.78, 5) is 0. The summed E-state index contributed by atoms with van der Waals surface area (Å²) in [6.07, 6.45) is 1.99. The molecule has 0 atom stereocenters. The molecule has 0 aromatic carbocycles. The second-order valence-electron chi connectivity index (χ2n) is 4.55. The van der Waals surface area contributed by atoms with Crippen molar-refractivity contribution in [2.45, 2.75) is 20.8 Å². The Labute approximate surface area is 64.1 Å². The summed E-state index contributed by atoms with van der Waals surface area (Å²) in [6, 6.07) is 0. The van der Waals surface area contributed by atoms with Crippen LogP contribution in [0.4, 0.5) is 0 Å². The van der Waals surface area contributed by atoms with Gasteiger partial charge in [0, 0.05) is 5.41 Å². The number of hydrogen-bond donors (Lipinski definition) is 0. The van der Waals surface area contributed by atoms with Crippen LogP contribution in [-0.4, -0.2) is 31.9 Å². The molecule has 0 aromatic rings. The fourth-order valence-electron chi connectivity index (χ4n) is 0.346. The fourth-order valence-corrected chi connectivity index (χ4v) is 0.346. The topological polar surface area (TPSA) is 12.4 Å². The highest BCUT2D eigenvalue weighted by Gasteiger charge is 2.09. The number of quaternary nitrogens is 1. The molecule has 0 heterocycles. The minimum absolute atomic E-state index is 0.200. The van der Waals surface area contributed by atoms with Gasteiger partial charge in [0.25, 0.3) is 0 Å². The molecule has 0 saturated heterocycles. The molecule has 0 aliphatic rings. The van der Waals surface area contributed by atoms with Gasteiger partial charge in [0.05, 0.1) is 27.4 Å². The van der Waals surface area contributed by atoms with Gasteiger partial charge in [-0.25, -0.2) is 4.59 Å². The summed E-state index contributed by atoms with van der Waals surface area (Å²) in [5.41, 5.74) is 0.200. The molecule has 60 valence electrons. The summed E-state index contributed by atoms with van der Waals surface area (Å²) >= 11 is 0. The lowest BCUT2D eigenvalue weighted by molar-refractivity contribution is -0.876. The summed E-state index contributed by atoms with van der Waals surface area (Å²) in [5, 5.41) is 4.34. The van der Waals surface area contributed by atoms with Gasteiger partial charge in [-0.15, -0.1) is 0 Å². The van der Waals surface area contributed by atoms with E-state index >= 15 is 0 Å². The number of nitrogens with zero attached hydrogens (tertiary/aromatic N) is 2. The van der Waals surface area contributed by atoms with Crippen LogP contribution in [0.15, 0.2) is 5.10 Å². The standard InChI is InChI=1S/C8H19N2/c1-8(2,3)7-9-10(4,5)6/h7H,1-6H3/q+1/b9-7+. The van der Waals surface area contributed by atoms with Crippen molar-refractivity contribution in [2.75, 3.05) is 21.1 Å². The van der Waals surface area contributed by atoms with Gasteiger partial charge >= 0.3 is 0 Å². The van der Waals surface area contributed by atoms with Gasteiger partial charge in [-0.1, -0.05) is 25.9 Å². The van der Waals surface area contributed by atoms with E-state index in [0.29, 0.717) is 4.59 Å². The third kappa shape index (κ3) is 7.63. The maximum absolute atomic E-state index is 4.34. The molecule has 0 amide bonds. The third-order valence-corrected chi connectivity index (χ3v) is 0.791. The highest BCUT2D eigenvalue weighted by molar-refractivity contribution is 5.63. The van der Waals surface area contributed by atoms with E-state index in [1.807, 2.05) is 27.4 Å². The van der Waals surface area contributed by atoms with E-state index in [9.17, 15) is 0 Å². The Hall–Kier alpha value is -0.370. The molecule has 0 radical (unpaired) electrons. The van der Waals surface area contributed by atoms with E-state index < -0.39 is 0 Å². The van der Waals surface area contributed by atoms with Crippen LogP contribution in [0.3, 0.4) is 0 Å². The summed E-state index contributed by atoms with van der Waals surface area (Å²) < 4.78 is 0.650. The fraction of sp³-hybridized carbons (Fsp3) is 0.875. The molecule has 0 bridgehead atoms. The van der Waals surface area contributed by atoms with Gasteiger partial charge in [0.1, 0.15) is 0 Å². The van der Waals surface area contributed by atoms with Crippen LogP contribution in [0, 0.1) is 5.41 Å². The van der Waals surface area contributed by atoms with Crippen molar-refractivity contribution in [1.29, 1.82) is 0 Å². The van der Waals surface area contributed by atoms with Crippen LogP contribution >= 0.6 is 0 Å². The molecule has 0 aliphatic carbocycles. The lowest BCUT2D eigenvalue weighted by atomic mass is 9.99. The van der Waals surface area contributed by atoms with E-state index in [4.69, 9.17) is 0 Å². The van der Waals surface area contributed by atoms with Crippen molar-refractivity contribution < 1.29 is 4.59 Å². The Bertz CT molecular complexity index is 107. The highest BCUT2D eigenvalue weighted by atomic mass is 15.6. The lowest BCUT2D eigenvalue weighted by Gasteiger charge is -2.17. The SMILES string of the molecule is CC(C)(C)/C=N/[N+](C)(C)C. The Kier molecular flexibility index (Phi) is 2.60. The van der Waals surface area contributed by atoms with Crippen molar-refractivity contribution in [3.63, 3.8) is 0 Å². The van der Waals surface area contributed by atoms with Crippen molar-refractivity contribution in [2.24, 2.45) is 10.5 Å². The van der Waals surface area contributed by atoms with Crippen LogP contribution in [0.1, 0.15) is 20.8 Å². The van der Waals surface area contributed by atoms with E-state index in [-0.39, 0.29) is 5.41 Å². The van der Waals surface area contributed by atoms with Crippen LogP contribution in [0.25, 0.3) is 0 Å². The van der Waals surface area contributed by atoms with Crippen molar-refractivity contribution in [1.82, 2.24) is 0 Å². The molecule has 0 spiro atoms. The Balaban J connectivity index is 4.01. The van der Waals surface area contributed by atoms with E-state index in [1.54, 1.807) is 0 Å². The van der Waals surface area contributed by atoms with Crippen LogP contribution < -0.4 is 0 Å². The van der Waals surface area contributed by atoms with Crippen LogP contribution in [0.5, 0.6) is 0 Å². The Morgan fingerprint density at radius 2 is 1.50 bits per heavy atom. The Morgan fingerprint density at radius 1 is 1.10 bits per heavy atom. The minimum atomic E-state index is 0.200. The first-order valence-corrected chi connectivity index (χ1v) is 3.59. The summed E-state index contributed by atoms with van der Waals surface area (Å²) in [7, 11) is 6.13. The van der Waals surface area contributed by atoms with Gasteiger partial charge in [0.2, 0.25) is 0 Å². The largest absolute Gasteiger partial charge is 0.205 e. The molecule has 2 nitrogen and oxygen atoms in total. The van der Waals surface area contributed by atoms with Gasteiger partial charge in [-0.05, 0) is 0 Å². The monoisotopic (exact) mass is 143 g/mol. The van der Waals surface area contributed by atoms with Gasteiger partial charge < -0.3 is 0 Å². The van der Waals surface area contributed by atoms with Gasteiger partial charge in [0.15, 0.2) is 0 Å². The second-order valence-corrected chi connectivity index (χ2v) is 4.55. The molecular weight excluding hydrogens is 124 g/mol. The molecule has 0 unspecified atom stereocenters. The predicted octanol–water partition coefficient (Wildman–Crippen LogP) is 1.72. The van der Waals surface area contributed by atoms with Crippen LogP contribution in [-0.2, 0) is 0 Å². The Morgan fingerprint density at radius 3 is 1.60 bits per heavy atom. The first-order chi connectivity index (χ1) is 4.21. The molecule has 0 aromatic heterocycles. The third-order valence-electron chi connectivity index (χ3n) is 0.791.